The largest absolute Gasteiger partial charge is 0.382 e. The lowest BCUT2D eigenvalue weighted by molar-refractivity contribution is 0.107. The van der Waals surface area contributed by atoms with E-state index in [9.17, 15) is 0 Å². The Hall–Kier alpha value is -0.680. The number of aryl methyl sites for hydroxylation is 1. The van der Waals surface area contributed by atoms with Gasteiger partial charge in [0.25, 0.3) is 0 Å². The monoisotopic (exact) mass is 550 g/mol. The molecule has 2 aliphatic rings. The topological polar surface area (TPSA) is 65.9 Å². The average molecular weight is 551 g/mol. The predicted octanol–water partition coefficient (Wildman–Crippen LogP) is 3.79. The first-order valence-corrected chi connectivity index (χ1v) is 12.2. The zero-order chi connectivity index (χ0) is 20.5. The van der Waals surface area contributed by atoms with E-state index in [1.165, 1.54) is 37.2 Å². The van der Waals surface area contributed by atoms with E-state index in [1.54, 1.807) is 0 Å². The molecule has 9 heteroatoms. The molecule has 0 atom stereocenters. The van der Waals surface area contributed by atoms with Gasteiger partial charge >= 0.3 is 0 Å². The lowest BCUT2D eigenvalue weighted by Crippen LogP contribution is -2.52. The molecule has 2 heterocycles. The summed E-state index contributed by atoms with van der Waals surface area (Å²) < 4.78 is 10.1. The fourth-order valence-electron chi connectivity index (χ4n) is 4.34. The highest BCUT2D eigenvalue weighted by Gasteiger charge is 2.34. The fraction of sp³-hybridized carbons (Fsp3) is 0.857. The summed E-state index contributed by atoms with van der Waals surface area (Å²) in [6.07, 6.45) is 7.27. The van der Waals surface area contributed by atoms with Crippen molar-refractivity contribution in [2.75, 3.05) is 57.4 Å². The van der Waals surface area contributed by atoms with Gasteiger partial charge in [-0.2, -0.15) is 4.37 Å². The third-order valence-electron chi connectivity index (χ3n) is 6.17. The number of hydrogen-bond acceptors (Lipinski definition) is 6. The van der Waals surface area contributed by atoms with Crippen LogP contribution in [0.1, 0.15) is 58.7 Å². The minimum absolute atomic E-state index is 0. The van der Waals surface area contributed by atoms with E-state index in [0.717, 1.165) is 82.2 Å². The summed E-state index contributed by atoms with van der Waals surface area (Å²) in [5.41, 5.74) is 0.334. The van der Waals surface area contributed by atoms with Crippen LogP contribution in [0, 0.1) is 5.41 Å². The Labute approximate surface area is 203 Å². The van der Waals surface area contributed by atoms with Gasteiger partial charge in [0.2, 0.25) is 5.13 Å². The second kappa shape index (κ2) is 13.0. The Morgan fingerprint density at radius 1 is 1.17 bits per heavy atom. The Balaban J connectivity index is 0.00000320. The van der Waals surface area contributed by atoms with E-state index in [1.807, 2.05) is 0 Å². The first-order valence-electron chi connectivity index (χ1n) is 11.4. The van der Waals surface area contributed by atoms with Crippen LogP contribution in [0.4, 0.5) is 5.13 Å². The molecule has 1 saturated carbocycles. The average Bonchev–Trinajstić information content (AvgIpc) is 3.42. The van der Waals surface area contributed by atoms with E-state index >= 15 is 0 Å². The molecular formula is C21H39IN6OS. The Morgan fingerprint density at radius 2 is 1.90 bits per heavy atom. The number of aromatic nitrogens is 2. The normalized spacial score (nSPS) is 19.1. The zero-order valence-corrected chi connectivity index (χ0v) is 22.0. The van der Waals surface area contributed by atoms with E-state index in [2.05, 4.69) is 45.2 Å². The highest BCUT2D eigenvalue weighted by molar-refractivity contribution is 14.0. The number of guanidine groups is 1. The van der Waals surface area contributed by atoms with Crippen LogP contribution in [0.25, 0.3) is 0 Å². The Bertz CT molecular complexity index is 641. The van der Waals surface area contributed by atoms with Gasteiger partial charge in [0.05, 0.1) is 0 Å². The molecule has 172 valence electrons. The molecule has 7 nitrogen and oxygen atoms in total. The number of aliphatic imine (C=N–C) groups is 1. The van der Waals surface area contributed by atoms with Crippen LogP contribution >= 0.6 is 35.5 Å². The summed E-state index contributed by atoms with van der Waals surface area (Å²) >= 11 is 1.53. The van der Waals surface area contributed by atoms with Crippen LogP contribution < -0.4 is 10.2 Å². The third-order valence-corrected chi connectivity index (χ3v) is 6.98. The summed E-state index contributed by atoms with van der Waals surface area (Å²) in [6.45, 7) is 13.7. The van der Waals surface area contributed by atoms with Gasteiger partial charge < -0.3 is 19.9 Å². The Morgan fingerprint density at radius 3 is 2.50 bits per heavy atom. The van der Waals surface area contributed by atoms with Crippen molar-refractivity contribution in [2.45, 2.75) is 59.3 Å². The fourth-order valence-corrected chi connectivity index (χ4v) is 5.14. The maximum Gasteiger partial charge on any atom is 0.205 e. The number of piperazine rings is 1. The van der Waals surface area contributed by atoms with E-state index in [4.69, 9.17) is 9.73 Å². The highest BCUT2D eigenvalue weighted by Crippen LogP contribution is 2.41. The molecule has 0 radical (unpaired) electrons. The van der Waals surface area contributed by atoms with Crippen LogP contribution in [-0.4, -0.2) is 72.7 Å². The molecule has 1 N–H and O–H groups in total. The van der Waals surface area contributed by atoms with Gasteiger partial charge in [-0.15, -0.1) is 24.0 Å². The van der Waals surface area contributed by atoms with Crippen LogP contribution in [0.15, 0.2) is 4.99 Å². The van der Waals surface area contributed by atoms with Crippen LogP contribution in [0.3, 0.4) is 0 Å². The Kier molecular flexibility index (Phi) is 11.1. The molecule has 1 aromatic rings. The van der Waals surface area contributed by atoms with Crippen molar-refractivity contribution in [3.63, 3.8) is 0 Å². The van der Waals surface area contributed by atoms with E-state index < -0.39 is 0 Å². The maximum absolute atomic E-state index is 5.66. The number of rotatable bonds is 9. The van der Waals surface area contributed by atoms with Gasteiger partial charge in [-0.25, -0.2) is 4.98 Å². The van der Waals surface area contributed by atoms with Gasteiger partial charge in [-0.1, -0.05) is 19.8 Å². The van der Waals surface area contributed by atoms with Crippen molar-refractivity contribution in [1.29, 1.82) is 0 Å². The predicted molar refractivity (Wildman–Crippen MR) is 136 cm³/mol. The number of hydrogen-bond donors (Lipinski definition) is 1. The van der Waals surface area contributed by atoms with Gasteiger partial charge in [0.1, 0.15) is 5.82 Å². The summed E-state index contributed by atoms with van der Waals surface area (Å²) in [4.78, 5) is 14.5. The lowest BCUT2D eigenvalue weighted by atomic mass is 9.83. The summed E-state index contributed by atoms with van der Waals surface area (Å²) in [6, 6.07) is 0. The quantitative estimate of drug-likeness (QED) is 0.219. The van der Waals surface area contributed by atoms with E-state index in [0.29, 0.717) is 5.41 Å². The summed E-state index contributed by atoms with van der Waals surface area (Å²) in [7, 11) is 0. The van der Waals surface area contributed by atoms with Crippen molar-refractivity contribution >= 4 is 46.6 Å². The standard InChI is InChI=1S/C21H38N6OS.HI/c1-4-18-24-20(29-25-18)27-14-12-26(13-15-27)19(22-5-2)23-17-21(9-7-8-10-21)11-16-28-6-3;/h4-17H2,1-3H3,(H,22,23);1H. The first kappa shape index (κ1) is 25.6. The molecule has 1 saturated heterocycles. The smallest absolute Gasteiger partial charge is 0.205 e. The molecular weight excluding hydrogens is 511 g/mol. The molecule has 1 aromatic heterocycles. The molecule has 30 heavy (non-hydrogen) atoms. The second-order valence-corrected chi connectivity index (χ2v) is 8.88. The molecule has 0 amide bonds. The molecule has 2 fully saturated rings. The second-order valence-electron chi connectivity index (χ2n) is 8.15. The van der Waals surface area contributed by atoms with Crippen molar-refractivity contribution in [3.8, 4) is 0 Å². The zero-order valence-electron chi connectivity index (χ0n) is 18.9. The summed E-state index contributed by atoms with van der Waals surface area (Å²) in [5.74, 6) is 2.03. The maximum atomic E-state index is 5.66. The molecule has 0 bridgehead atoms. The van der Waals surface area contributed by atoms with Crippen LogP contribution in [0.2, 0.25) is 0 Å². The molecule has 0 spiro atoms. The van der Waals surface area contributed by atoms with Crippen LogP contribution in [-0.2, 0) is 11.2 Å². The minimum Gasteiger partial charge on any atom is -0.382 e. The van der Waals surface area contributed by atoms with Crippen LogP contribution in [0.5, 0.6) is 0 Å². The third kappa shape index (κ3) is 6.91. The molecule has 0 unspecified atom stereocenters. The lowest BCUT2D eigenvalue weighted by Gasteiger charge is -2.37. The SMILES string of the molecule is CCNC(=NCC1(CCOCC)CCCC1)N1CCN(c2nc(CC)ns2)CC1.I. The number of anilines is 1. The number of nitrogens with zero attached hydrogens (tertiary/aromatic N) is 5. The van der Waals surface area contributed by atoms with Gasteiger partial charge in [-0.3, -0.25) is 4.99 Å². The summed E-state index contributed by atoms with van der Waals surface area (Å²) in [5, 5.41) is 4.59. The number of nitrogens with one attached hydrogen (secondary N) is 1. The van der Waals surface area contributed by atoms with Crippen molar-refractivity contribution in [2.24, 2.45) is 10.4 Å². The molecule has 1 aliphatic carbocycles. The van der Waals surface area contributed by atoms with Crippen molar-refractivity contribution in [3.05, 3.63) is 5.82 Å². The molecule has 3 rings (SSSR count). The molecule has 1 aliphatic heterocycles. The molecule has 0 aromatic carbocycles. The number of halogens is 1. The highest BCUT2D eigenvalue weighted by atomic mass is 127. The first-order chi connectivity index (χ1) is 14.2. The van der Waals surface area contributed by atoms with Gasteiger partial charge in [-0.05, 0) is 38.5 Å². The van der Waals surface area contributed by atoms with Crippen molar-refractivity contribution < 1.29 is 4.74 Å². The minimum atomic E-state index is 0. The number of ether oxygens (including phenoxy) is 1. The van der Waals surface area contributed by atoms with Gasteiger partial charge in [0, 0.05) is 70.4 Å². The van der Waals surface area contributed by atoms with Gasteiger partial charge in [0.15, 0.2) is 5.96 Å². The van der Waals surface area contributed by atoms with E-state index in [-0.39, 0.29) is 24.0 Å². The van der Waals surface area contributed by atoms with Crippen molar-refractivity contribution in [1.82, 2.24) is 19.6 Å².